The average Bonchev–Trinajstić information content (AvgIpc) is 2.76. The first kappa shape index (κ1) is 12.7. The minimum Gasteiger partial charge on any atom is -0.385 e. The van der Waals surface area contributed by atoms with E-state index in [0.29, 0.717) is 5.92 Å². The van der Waals surface area contributed by atoms with E-state index >= 15 is 0 Å². The quantitative estimate of drug-likeness (QED) is 0.874. The molecule has 1 heterocycles. The minimum absolute atomic E-state index is 0.573. The van der Waals surface area contributed by atoms with Crippen molar-refractivity contribution in [1.29, 1.82) is 0 Å². The zero-order valence-electron chi connectivity index (χ0n) is 11.4. The number of aryl methyl sites for hydroxylation is 1. The molecule has 0 saturated heterocycles. The Labute approximate surface area is 109 Å². The third kappa shape index (κ3) is 3.13. The van der Waals surface area contributed by atoms with Gasteiger partial charge in [-0.15, -0.1) is 0 Å². The molecule has 1 aromatic carbocycles. The van der Waals surface area contributed by atoms with Crippen LogP contribution in [0, 0.1) is 0 Å². The molecular formula is C15H21N3. The first-order valence-corrected chi connectivity index (χ1v) is 6.47. The minimum atomic E-state index is 0.573. The van der Waals surface area contributed by atoms with Crippen LogP contribution in [0.25, 0.3) is 0 Å². The van der Waals surface area contributed by atoms with E-state index in [-0.39, 0.29) is 0 Å². The first-order chi connectivity index (χ1) is 8.66. The molecule has 2 rings (SSSR count). The lowest BCUT2D eigenvalue weighted by molar-refractivity contribution is 0.711. The Hall–Kier alpha value is -1.77. The number of rotatable bonds is 5. The van der Waals surface area contributed by atoms with Gasteiger partial charge in [-0.1, -0.05) is 26.0 Å². The van der Waals surface area contributed by atoms with Crippen molar-refractivity contribution in [3.8, 4) is 0 Å². The number of nitrogens with one attached hydrogen (secondary N) is 1. The van der Waals surface area contributed by atoms with Crippen LogP contribution in [0.4, 0.5) is 5.69 Å². The normalized spacial score (nSPS) is 10.9. The summed E-state index contributed by atoms with van der Waals surface area (Å²) in [6, 6.07) is 10.7. The van der Waals surface area contributed by atoms with Crippen LogP contribution in [0.3, 0.4) is 0 Å². The van der Waals surface area contributed by atoms with Crippen molar-refractivity contribution < 1.29 is 0 Å². The second-order valence-electron chi connectivity index (χ2n) is 4.90. The molecular weight excluding hydrogens is 222 g/mol. The van der Waals surface area contributed by atoms with E-state index in [1.165, 1.54) is 16.9 Å². The Kier molecular flexibility index (Phi) is 4.03. The van der Waals surface area contributed by atoms with Gasteiger partial charge in [0.1, 0.15) is 0 Å². The zero-order valence-corrected chi connectivity index (χ0v) is 11.4. The molecule has 3 nitrogen and oxygen atoms in total. The van der Waals surface area contributed by atoms with E-state index in [1.54, 1.807) is 0 Å². The molecule has 2 aromatic rings. The van der Waals surface area contributed by atoms with E-state index in [2.05, 4.69) is 54.6 Å². The second kappa shape index (κ2) is 5.71. The molecule has 18 heavy (non-hydrogen) atoms. The number of aromatic nitrogens is 2. The Morgan fingerprint density at radius 1 is 1.28 bits per heavy atom. The van der Waals surface area contributed by atoms with Crippen molar-refractivity contribution in [3.63, 3.8) is 0 Å². The molecule has 0 aliphatic carbocycles. The Balaban J connectivity index is 1.90. The van der Waals surface area contributed by atoms with Crippen molar-refractivity contribution in [2.75, 3.05) is 11.9 Å². The van der Waals surface area contributed by atoms with E-state index in [4.69, 9.17) is 0 Å². The first-order valence-electron chi connectivity index (χ1n) is 6.47. The molecule has 96 valence electrons. The summed E-state index contributed by atoms with van der Waals surface area (Å²) in [5.41, 5.74) is 3.83. The molecule has 0 atom stereocenters. The molecule has 0 spiro atoms. The summed E-state index contributed by atoms with van der Waals surface area (Å²) in [5, 5.41) is 7.63. The molecule has 0 unspecified atom stereocenters. The average molecular weight is 243 g/mol. The molecule has 3 heteroatoms. The van der Waals surface area contributed by atoms with Gasteiger partial charge in [-0.05, 0) is 29.7 Å². The van der Waals surface area contributed by atoms with Gasteiger partial charge in [0.05, 0.1) is 0 Å². The number of hydrogen-bond donors (Lipinski definition) is 1. The van der Waals surface area contributed by atoms with Crippen molar-refractivity contribution in [2.24, 2.45) is 7.05 Å². The highest BCUT2D eigenvalue weighted by atomic mass is 15.3. The fourth-order valence-electron chi connectivity index (χ4n) is 1.99. The number of nitrogens with zero attached hydrogens (tertiary/aromatic N) is 2. The molecule has 0 radical (unpaired) electrons. The standard InChI is InChI=1S/C15H21N3/c1-12(2)13-5-4-6-14(11-13)16-9-7-15-8-10-17-18(15)3/h4-6,8,10-12,16H,7,9H2,1-3H3. The third-order valence-corrected chi connectivity index (χ3v) is 3.19. The van der Waals surface area contributed by atoms with Crippen molar-refractivity contribution in [1.82, 2.24) is 9.78 Å². The van der Waals surface area contributed by atoms with Gasteiger partial charge in [0.15, 0.2) is 0 Å². The third-order valence-electron chi connectivity index (χ3n) is 3.19. The predicted molar refractivity (Wildman–Crippen MR) is 75.9 cm³/mol. The second-order valence-corrected chi connectivity index (χ2v) is 4.90. The zero-order chi connectivity index (χ0) is 13.0. The van der Waals surface area contributed by atoms with Crippen LogP contribution in [0.15, 0.2) is 36.5 Å². The lowest BCUT2D eigenvalue weighted by Gasteiger charge is -2.10. The molecule has 0 saturated carbocycles. The van der Waals surface area contributed by atoms with Crippen molar-refractivity contribution in [3.05, 3.63) is 47.8 Å². The highest BCUT2D eigenvalue weighted by molar-refractivity contribution is 5.46. The van der Waals surface area contributed by atoms with E-state index in [1.807, 2.05) is 17.9 Å². The summed E-state index contributed by atoms with van der Waals surface area (Å²) in [7, 11) is 1.98. The summed E-state index contributed by atoms with van der Waals surface area (Å²) in [4.78, 5) is 0. The molecule has 0 fully saturated rings. The van der Waals surface area contributed by atoms with Crippen LogP contribution < -0.4 is 5.32 Å². The SMILES string of the molecule is CC(C)c1cccc(NCCc2ccnn2C)c1. The number of hydrogen-bond acceptors (Lipinski definition) is 2. The Morgan fingerprint density at radius 2 is 2.11 bits per heavy atom. The van der Waals surface area contributed by atoms with Gasteiger partial charge in [-0.2, -0.15) is 5.10 Å². The van der Waals surface area contributed by atoms with Crippen LogP contribution >= 0.6 is 0 Å². The van der Waals surface area contributed by atoms with Crippen LogP contribution in [-0.4, -0.2) is 16.3 Å². The molecule has 0 bridgehead atoms. The lowest BCUT2D eigenvalue weighted by atomic mass is 10.0. The Morgan fingerprint density at radius 3 is 2.78 bits per heavy atom. The largest absolute Gasteiger partial charge is 0.385 e. The number of anilines is 1. The van der Waals surface area contributed by atoms with Gasteiger partial charge in [-0.3, -0.25) is 4.68 Å². The maximum Gasteiger partial charge on any atom is 0.0492 e. The summed E-state index contributed by atoms with van der Waals surface area (Å²) >= 11 is 0. The molecule has 0 aliphatic rings. The van der Waals surface area contributed by atoms with Gasteiger partial charge in [0.2, 0.25) is 0 Å². The number of benzene rings is 1. The van der Waals surface area contributed by atoms with Crippen molar-refractivity contribution in [2.45, 2.75) is 26.2 Å². The topological polar surface area (TPSA) is 29.9 Å². The van der Waals surface area contributed by atoms with Crippen molar-refractivity contribution >= 4 is 5.69 Å². The summed E-state index contributed by atoms with van der Waals surface area (Å²) in [6.45, 7) is 5.37. The molecule has 0 aliphatic heterocycles. The highest BCUT2D eigenvalue weighted by Gasteiger charge is 2.01. The summed E-state index contributed by atoms with van der Waals surface area (Å²) < 4.78 is 1.92. The smallest absolute Gasteiger partial charge is 0.0492 e. The fraction of sp³-hybridized carbons (Fsp3) is 0.400. The van der Waals surface area contributed by atoms with Crippen LogP contribution in [0.1, 0.15) is 31.0 Å². The van der Waals surface area contributed by atoms with E-state index < -0.39 is 0 Å². The molecule has 1 N–H and O–H groups in total. The monoisotopic (exact) mass is 243 g/mol. The Bertz CT molecular complexity index is 500. The molecule has 0 amide bonds. The highest BCUT2D eigenvalue weighted by Crippen LogP contribution is 2.18. The summed E-state index contributed by atoms with van der Waals surface area (Å²) in [6.07, 6.45) is 2.83. The van der Waals surface area contributed by atoms with Gasteiger partial charge < -0.3 is 5.32 Å². The lowest BCUT2D eigenvalue weighted by Crippen LogP contribution is -2.08. The van der Waals surface area contributed by atoms with E-state index in [0.717, 1.165) is 13.0 Å². The van der Waals surface area contributed by atoms with Gasteiger partial charge in [0, 0.05) is 37.6 Å². The van der Waals surface area contributed by atoms with Crippen LogP contribution in [-0.2, 0) is 13.5 Å². The molecule has 1 aromatic heterocycles. The van der Waals surface area contributed by atoms with Crippen LogP contribution in [0.2, 0.25) is 0 Å². The van der Waals surface area contributed by atoms with Crippen LogP contribution in [0.5, 0.6) is 0 Å². The van der Waals surface area contributed by atoms with Gasteiger partial charge >= 0.3 is 0 Å². The summed E-state index contributed by atoms with van der Waals surface area (Å²) in [5.74, 6) is 0.573. The fourth-order valence-corrected chi connectivity index (χ4v) is 1.99. The predicted octanol–water partition coefficient (Wildman–Crippen LogP) is 3.20. The maximum atomic E-state index is 4.17. The van der Waals surface area contributed by atoms with Gasteiger partial charge in [0.25, 0.3) is 0 Å². The maximum absolute atomic E-state index is 4.17. The van der Waals surface area contributed by atoms with Gasteiger partial charge in [-0.25, -0.2) is 0 Å². The van der Waals surface area contributed by atoms with E-state index in [9.17, 15) is 0 Å².